The van der Waals surface area contributed by atoms with Crippen molar-refractivity contribution in [3.8, 4) is 0 Å². The predicted octanol–water partition coefficient (Wildman–Crippen LogP) is 2.30. The Hall–Kier alpha value is -2.43. The first-order chi connectivity index (χ1) is 10.7. The van der Waals surface area contributed by atoms with E-state index in [1.807, 2.05) is 24.3 Å². The van der Waals surface area contributed by atoms with Crippen LogP contribution in [0.4, 0.5) is 0 Å². The fraction of sp³-hybridized carbons (Fsp3) is 0.353. The van der Waals surface area contributed by atoms with Crippen LogP contribution in [0.3, 0.4) is 0 Å². The van der Waals surface area contributed by atoms with Crippen molar-refractivity contribution in [1.29, 1.82) is 0 Å². The van der Waals surface area contributed by atoms with Crippen molar-refractivity contribution in [3.63, 3.8) is 0 Å². The van der Waals surface area contributed by atoms with Crippen LogP contribution in [0.5, 0.6) is 0 Å². The molecule has 1 aromatic carbocycles. The Labute approximate surface area is 128 Å². The molecule has 1 aliphatic rings. The first-order valence-corrected chi connectivity index (χ1v) is 7.15. The molecule has 0 N–H and O–H groups in total. The van der Waals surface area contributed by atoms with Crippen LogP contribution in [0.2, 0.25) is 0 Å². The molecule has 0 saturated heterocycles. The minimum atomic E-state index is -0.475. The third-order valence-corrected chi connectivity index (χ3v) is 4.44. The number of nitrogens with zero attached hydrogens (tertiary/aromatic N) is 1. The number of aromatic nitrogens is 1. The van der Waals surface area contributed by atoms with Crippen LogP contribution in [0.1, 0.15) is 17.9 Å². The first kappa shape index (κ1) is 14.5. The second kappa shape index (κ2) is 5.75. The van der Waals surface area contributed by atoms with Gasteiger partial charge in [0.2, 0.25) is 0 Å². The van der Waals surface area contributed by atoms with Crippen molar-refractivity contribution in [2.75, 3.05) is 14.2 Å². The molecular weight excluding hydrogens is 282 g/mol. The molecule has 1 aromatic heterocycles. The molecule has 1 unspecified atom stereocenters. The maximum atomic E-state index is 12.0. The van der Waals surface area contributed by atoms with Crippen LogP contribution < -0.4 is 0 Å². The third-order valence-electron chi connectivity index (χ3n) is 4.44. The van der Waals surface area contributed by atoms with Gasteiger partial charge in [-0.25, -0.2) is 0 Å². The summed E-state index contributed by atoms with van der Waals surface area (Å²) in [4.78, 5) is 27.9. The van der Waals surface area contributed by atoms with Gasteiger partial charge in [-0.1, -0.05) is 18.2 Å². The molecule has 0 aliphatic heterocycles. The number of rotatable bonds is 3. The maximum absolute atomic E-state index is 12.0. The van der Waals surface area contributed by atoms with Crippen LogP contribution in [-0.4, -0.2) is 31.1 Å². The molecule has 0 radical (unpaired) electrons. The summed E-state index contributed by atoms with van der Waals surface area (Å²) in [6, 6.07) is 7.95. The van der Waals surface area contributed by atoms with Gasteiger partial charge < -0.3 is 9.47 Å². The maximum Gasteiger partial charge on any atom is 0.310 e. The van der Waals surface area contributed by atoms with Crippen molar-refractivity contribution in [1.82, 2.24) is 4.98 Å². The van der Waals surface area contributed by atoms with Gasteiger partial charge in [0.05, 0.1) is 26.1 Å². The zero-order valence-corrected chi connectivity index (χ0v) is 12.5. The largest absolute Gasteiger partial charge is 0.469 e. The second-order valence-electron chi connectivity index (χ2n) is 5.50. The number of hydrogen-bond donors (Lipinski definition) is 0. The zero-order chi connectivity index (χ0) is 15.7. The first-order valence-electron chi connectivity index (χ1n) is 7.15. The molecule has 1 saturated carbocycles. The Kier molecular flexibility index (Phi) is 3.79. The molecule has 3 rings (SSSR count). The minimum absolute atomic E-state index is 0.0193. The van der Waals surface area contributed by atoms with Crippen LogP contribution in [-0.2, 0) is 19.1 Å². The Morgan fingerprint density at radius 1 is 1.09 bits per heavy atom. The molecule has 0 bridgehead atoms. The summed E-state index contributed by atoms with van der Waals surface area (Å²) in [5.74, 6) is -1.63. The lowest BCUT2D eigenvalue weighted by Crippen LogP contribution is -2.45. The molecule has 1 fully saturated rings. The zero-order valence-electron chi connectivity index (χ0n) is 12.5. The van der Waals surface area contributed by atoms with Gasteiger partial charge in [-0.3, -0.25) is 14.6 Å². The van der Waals surface area contributed by atoms with E-state index in [9.17, 15) is 9.59 Å². The number of hydrogen-bond acceptors (Lipinski definition) is 5. The molecule has 5 heteroatoms. The van der Waals surface area contributed by atoms with Gasteiger partial charge in [-0.05, 0) is 29.4 Å². The molecule has 114 valence electrons. The highest BCUT2D eigenvalue weighted by molar-refractivity contribution is 5.86. The van der Waals surface area contributed by atoms with Gasteiger partial charge in [-0.15, -0.1) is 0 Å². The number of methoxy groups -OCH3 is 2. The summed E-state index contributed by atoms with van der Waals surface area (Å²) in [5.41, 5.74) is 1.04. The van der Waals surface area contributed by atoms with E-state index in [2.05, 4.69) is 4.98 Å². The van der Waals surface area contributed by atoms with Crippen molar-refractivity contribution < 1.29 is 19.1 Å². The van der Waals surface area contributed by atoms with Gasteiger partial charge in [-0.2, -0.15) is 0 Å². The minimum Gasteiger partial charge on any atom is -0.469 e. The normalized spacial score (nSPS) is 23.6. The van der Waals surface area contributed by atoms with Gasteiger partial charge in [0.15, 0.2) is 0 Å². The number of esters is 2. The van der Waals surface area contributed by atoms with Crippen LogP contribution >= 0.6 is 0 Å². The van der Waals surface area contributed by atoms with E-state index in [4.69, 9.17) is 9.47 Å². The van der Waals surface area contributed by atoms with E-state index < -0.39 is 11.8 Å². The summed E-state index contributed by atoms with van der Waals surface area (Å²) in [7, 11) is 2.69. The van der Waals surface area contributed by atoms with Crippen LogP contribution in [0, 0.1) is 11.8 Å². The van der Waals surface area contributed by atoms with Crippen molar-refractivity contribution in [2.45, 2.75) is 12.3 Å². The molecule has 5 nitrogen and oxygen atoms in total. The van der Waals surface area contributed by atoms with Gasteiger partial charge in [0.25, 0.3) is 0 Å². The molecule has 1 aliphatic carbocycles. The predicted molar refractivity (Wildman–Crippen MR) is 80.1 cm³/mol. The van der Waals surface area contributed by atoms with E-state index in [-0.39, 0.29) is 17.9 Å². The Morgan fingerprint density at radius 3 is 2.59 bits per heavy atom. The van der Waals surface area contributed by atoms with E-state index >= 15 is 0 Å². The average molecular weight is 299 g/mol. The number of benzene rings is 1. The lowest BCUT2D eigenvalue weighted by molar-refractivity contribution is -0.166. The topological polar surface area (TPSA) is 65.5 Å². The highest BCUT2D eigenvalue weighted by Crippen LogP contribution is 2.48. The number of fused-ring (bicyclic) bond motifs is 1. The molecule has 22 heavy (non-hydrogen) atoms. The smallest absolute Gasteiger partial charge is 0.310 e. The quantitative estimate of drug-likeness (QED) is 0.814. The highest BCUT2D eigenvalue weighted by Gasteiger charge is 2.51. The summed E-state index contributed by atoms with van der Waals surface area (Å²) in [5, 5.41) is 2.11. The van der Waals surface area contributed by atoms with E-state index in [0.717, 1.165) is 16.3 Å². The van der Waals surface area contributed by atoms with Gasteiger partial charge in [0.1, 0.15) is 0 Å². The molecule has 3 atom stereocenters. The molecule has 0 amide bonds. The van der Waals surface area contributed by atoms with E-state index in [0.29, 0.717) is 6.42 Å². The Morgan fingerprint density at radius 2 is 1.86 bits per heavy atom. The molecular formula is C17H17NO4. The van der Waals surface area contributed by atoms with E-state index in [1.165, 1.54) is 14.2 Å². The lowest BCUT2D eigenvalue weighted by Gasteiger charge is -2.41. The van der Waals surface area contributed by atoms with Crippen molar-refractivity contribution in [3.05, 3.63) is 42.2 Å². The Balaban J connectivity index is 1.92. The second-order valence-corrected chi connectivity index (χ2v) is 5.50. The number of ether oxygens (including phenoxy) is 2. The Bertz CT molecular complexity index is 727. The number of carbonyl (C=O) groups excluding carboxylic acids is 2. The summed E-state index contributed by atoms with van der Waals surface area (Å²) in [6.07, 6.45) is 4.14. The number of carbonyl (C=O) groups is 2. The fourth-order valence-corrected chi connectivity index (χ4v) is 3.19. The van der Waals surface area contributed by atoms with Crippen molar-refractivity contribution >= 4 is 22.7 Å². The van der Waals surface area contributed by atoms with Gasteiger partial charge in [0, 0.05) is 17.8 Å². The van der Waals surface area contributed by atoms with Crippen molar-refractivity contribution in [2.24, 2.45) is 11.8 Å². The summed E-state index contributed by atoms with van der Waals surface area (Å²) in [6.45, 7) is 0. The van der Waals surface area contributed by atoms with Crippen LogP contribution in [0.15, 0.2) is 36.7 Å². The third kappa shape index (κ3) is 2.32. The molecule has 2 aromatic rings. The summed E-state index contributed by atoms with van der Waals surface area (Å²) >= 11 is 0. The molecule has 0 spiro atoms. The highest BCUT2D eigenvalue weighted by atomic mass is 16.5. The monoisotopic (exact) mass is 299 g/mol. The SMILES string of the molecule is COC(=O)[C@H]1CC(c2ccc3cnccc3c2)[C@@H]1C(=O)OC. The molecule has 1 heterocycles. The summed E-state index contributed by atoms with van der Waals surface area (Å²) < 4.78 is 9.64. The van der Waals surface area contributed by atoms with Crippen LogP contribution in [0.25, 0.3) is 10.8 Å². The lowest BCUT2D eigenvalue weighted by atomic mass is 9.62. The van der Waals surface area contributed by atoms with E-state index in [1.54, 1.807) is 12.4 Å². The standard InChI is InChI=1S/C17H17NO4/c1-21-16(19)14-8-13(15(14)17(20)22-2)11-3-4-12-9-18-6-5-10(12)7-11/h3-7,9,13-15H,8H2,1-2H3/t13?,14-,15-/m0/s1. The van der Waals surface area contributed by atoms with Gasteiger partial charge >= 0.3 is 11.9 Å². The fourth-order valence-electron chi connectivity index (χ4n) is 3.19. The number of pyridine rings is 1. The average Bonchev–Trinajstić information content (AvgIpc) is 2.53.